The summed E-state index contributed by atoms with van der Waals surface area (Å²) in [6, 6.07) is 15.9. The lowest BCUT2D eigenvalue weighted by Crippen LogP contribution is -2.39. The molecule has 3 aromatic carbocycles. The molecule has 0 aromatic heterocycles. The second kappa shape index (κ2) is 11.8. The lowest BCUT2D eigenvalue weighted by atomic mass is 10.2. The van der Waals surface area contributed by atoms with Crippen molar-refractivity contribution < 1.29 is 27.4 Å². The van der Waals surface area contributed by atoms with Gasteiger partial charge in [0.15, 0.2) is 0 Å². The summed E-state index contributed by atoms with van der Waals surface area (Å²) in [5.74, 6) is 0.631. The third-order valence-electron chi connectivity index (χ3n) is 5.14. The minimum atomic E-state index is -4.17. The zero-order valence-corrected chi connectivity index (χ0v) is 21.8. The standard InChI is InChI=1S/C25H26ClN3O6S/c1-17-5-9-21(10-6-17)36(31,32)29(22-14-19(26)7-11-24(22)35-4)16-25(30)28-27-15-18-13-20(33-2)8-12-23(18)34-3/h5-15H,16H2,1-4H3,(H,28,30)/b27-15+. The van der Waals surface area contributed by atoms with Crippen molar-refractivity contribution in [2.24, 2.45) is 5.10 Å². The molecule has 0 aliphatic heterocycles. The maximum atomic E-state index is 13.6. The van der Waals surface area contributed by atoms with E-state index in [0.717, 1.165) is 9.87 Å². The van der Waals surface area contributed by atoms with Crippen LogP contribution in [0.3, 0.4) is 0 Å². The van der Waals surface area contributed by atoms with Crippen LogP contribution in [0.5, 0.6) is 17.2 Å². The SMILES string of the molecule is COc1ccc(OC)c(/C=N/NC(=O)CN(c2cc(Cl)ccc2OC)S(=O)(=O)c2ccc(C)cc2)c1. The Labute approximate surface area is 215 Å². The van der Waals surface area contributed by atoms with Gasteiger partial charge in [-0.1, -0.05) is 29.3 Å². The molecule has 0 saturated heterocycles. The summed E-state index contributed by atoms with van der Waals surface area (Å²) in [7, 11) is 0.261. The molecule has 11 heteroatoms. The second-order valence-electron chi connectivity index (χ2n) is 7.54. The second-order valence-corrected chi connectivity index (χ2v) is 9.84. The van der Waals surface area contributed by atoms with Crippen LogP contribution < -0.4 is 23.9 Å². The fourth-order valence-corrected chi connectivity index (χ4v) is 4.86. The topological polar surface area (TPSA) is 107 Å². The number of methoxy groups -OCH3 is 3. The van der Waals surface area contributed by atoms with E-state index in [9.17, 15) is 13.2 Å². The van der Waals surface area contributed by atoms with E-state index in [1.165, 1.54) is 51.8 Å². The number of aryl methyl sites for hydroxylation is 1. The normalized spacial score (nSPS) is 11.2. The predicted octanol–water partition coefficient (Wildman–Crippen LogP) is 4.02. The van der Waals surface area contributed by atoms with Crippen LogP contribution in [0.1, 0.15) is 11.1 Å². The summed E-state index contributed by atoms with van der Waals surface area (Å²) < 4.78 is 43.9. The molecule has 0 fully saturated rings. The number of hydrazone groups is 1. The fourth-order valence-electron chi connectivity index (χ4n) is 3.28. The van der Waals surface area contributed by atoms with Crippen LogP contribution in [-0.4, -0.2) is 48.4 Å². The maximum Gasteiger partial charge on any atom is 0.264 e. The Morgan fingerprint density at radius 2 is 1.64 bits per heavy atom. The maximum absolute atomic E-state index is 13.6. The Morgan fingerprint density at radius 3 is 2.28 bits per heavy atom. The number of benzene rings is 3. The van der Waals surface area contributed by atoms with Gasteiger partial charge >= 0.3 is 0 Å². The lowest BCUT2D eigenvalue weighted by Gasteiger charge is -2.25. The van der Waals surface area contributed by atoms with E-state index in [1.807, 2.05) is 6.92 Å². The van der Waals surface area contributed by atoms with Crippen molar-refractivity contribution in [3.8, 4) is 17.2 Å². The molecule has 1 amide bonds. The van der Waals surface area contributed by atoms with Crippen molar-refractivity contribution in [1.82, 2.24) is 5.43 Å². The highest BCUT2D eigenvalue weighted by atomic mass is 35.5. The van der Waals surface area contributed by atoms with E-state index in [-0.39, 0.29) is 21.4 Å². The molecular weight excluding hydrogens is 506 g/mol. The van der Waals surface area contributed by atoms with Gasteiger partial charge in [-0.2, -0.15) is 5.10 Å². The molecule has 0 bridgehead atoms. The van der Waals surface area contributed by atoms with Crippen LogP contribution in [0.4, 0.5) is 5.69 Å². The van der Waals surface area contributed by atoms with E-state index >= 15 is 0 Å². The molecule has 0 atom stereocenters. The molecule has 0 aliphatic rings. The van der Waals surface area contributed by atoms with Crippen molar-refractivity contribution in [2.45, 2.75) is 11.8 Å². The Kier molecular flexibility index (Phi) is 8.78. The van der Waals surface area contributed by atoms with E-state index in [0.29, 0.717) is 17.1 Å². The van der Waals surface area contributed by atoms with E-state index in [4.69, 9.17) is 25.8 Å². The van der Waals surface area contributed by atoms with Gasteiger partial charge in [-0.15, -0.1) is 0 Å². The van der Waals surface area contributed by atoms with Gasteiger partial charge in [0, 0.05) is 10.6 Å². The Hall–Kier alpha value is -3.76. The molecule has 0 spiro atoms. The van der Waals surface area contributed by atoms with Gasteiger partial charge in [-0.25, -0.2) is 13.8 Å². The highest BCUT2D eigenvalue weighted by molar-refractivity contribution is 7.92. The number of carbonyl (C=O) groups is 1. The Balaban J connectivity index is 1.92. The molecule has 3 aromatic rings. The van der Waals surface area contributed by atoms with E-state index in [1.54, 1.807) is 36.4 Å². The first-order valence-corrected chi connectivity index (χ1v) is 12.5. The van der Waals surface area contributed by atoms with Crippen LogP contribution >= 0.6 is 11.6 Å². The van der Waals surface area contributed by atoms with Crippen molar-refractivity contribution >= 4 is 39.4 Å². The van der Waals surface area contributed by atoms with Gasteiger partial charge in [-0.3, -0.25) is 9.10 Å². The number of hydrogen-bond donors (Lipinski definition) is 1. The molecule has 0 unspecified atom stereocenters. The van der Waals surface area contributed by atoms with Crippen molar-refractivity contribution in [2.75, 3.05) is 32.2 Å². The molecule has 190 valence electrons. The molecule has 9 nitrogen and oxygen atoms in total. The molecule has 1 N–H and O–H groups in total. The van der Waals surface area contributed by atoms with Gasteiger partial charge in [-0.05, 0) is 55.5 Å². The average Bonchev–Trinajstić information content (AvgIpc) is 2.87. The minimum absolute atomic E-state index is 0.00699. The molecule has 36 heavy (non-hydrogen) atoms. The van der Waals surface area contributed by atoms with E-state index < -0.39 is 22.5 Å². The first-order valence-electron chi connectivity index (χ1n) is 10.7. The Morgan fingerprint density at radius 1 is 0.972 bits per heavy atom. The molecule has 0 aliphatic carbocycles. The summed E-state index contributed by atoms with van der Waals surface area (Å²) >= 11 is 6.15. The van der Waals surface area contributed by atoms with Crippen molar-refractivity contribution in [1.29, 1.82) is 0 Å². The number of anilines is 1. The van der Waals surface area contributed by atoms with Crippen molar-refractivity contribution in [3.63, 3.8) is 0 Å². The number of amides is 1. The summed E-state index contributed by atoms with van der Waals surface area (Å²) in [6.45, 7) is 1.26. The number of carbonyl (C=O) groups excluding carboxylic acids is 1. The smallest absolute Gasteiger partial charge is 0.264 e. The number of hydrogen-bond acceptors (Lipinski definition) is 7. The van der Waals surface area contributed by atoms with Crippen LogP contribution in [-0.2, 0) is 14.8 Å². The summed E-state index contributed by atoms with van der Waals surface area (Å²) in [4.78, 5) is 12.9. The number of rotatable bonds is 10. The van der Waals surface area contributed by atoms with Crippen LogP contribution in [0.15, 0.2) is 70.7 Å². The minimum Gasteiger partial charge on any atom is -0.497 e. The van der Waals surface area contributed by atoms with Gasteiger partial charge in [0.2, 0.25) is 0 Å². The number of ether oxygens (including phenoxy) is 3. The third-order valence-corrected chi connectivity index (χ3v) is 7.14. The quantitative estimate of drug-likeness (QED) is 0.313. The third kappa shape index (κ3) is 6.27. The summed E-state index contributed by atoms with van der Waals surface area (Å²) in [5.41, 5.74) is 3.91. The average molecular weight is 532 g/mol. The highest BCUT2D eigenvalue weighted by Crippen LogP contribution is 2.34. The highest BCUT2D eigenvalue weighted by Gasteiger charge is 2.29. The van der Waals surface area contributed by atoms with Gasteiger partial charge in [0.1, 0.15) is 23.8 Å². The molecule has 0 radical (unpaired) electrons. The fraction of sp³-hybridized carbons (Fsp3) is 0.200. The zero-order valence-electron chi connectivity index (χ0n) is 20.2. The Bertz CT molecular complexity index is 1360. The summed E-state index contributed by atoms with van der Waals surface area (Å²) in [6.07, 6.45) is 1.37. The summed E-state index contributed by atoms with van der Waals surface area (Å²) in [5, 5.41) is 4.24. The van der Waals surface area contributed by atoms with Crippen LogP contribution in [0.2, 0.25) is 5.02 Å². The number of nitrogens with zero attached hydrogens (tertiary/aromatic N) is 2. The zero-order chi connectivity index (χ0) is 26.3. The lowest BCUT2D eigenvalue weighted by molar-refractivity contribution is -0.119. The van der Waals surface area contributed by atoms with Gasteiger partial charge in [0.05, 0.1) is 38.1 Å². The largest absolute Gasteiger partial charge is 0.497 e. The predicted molar refractivity (Wildman–Crippen MR) is 139 cm³/mol. The molecular formula is C25H26ClN3O6S. The van der Waals surface area contributed by atoms with Gasteiger partial charge < -0.3 is 14.2 Å². The first-order chi connectivity index (χ1) is 17.2. The molecule has 3 rings (SSSR count). The van der Waals surface area contributed by atoms with Gasteiger partial charge in [0.25, 0.3) is 15.9 Å². The molecule has 0 saturated carbocycles. The number of sulfonamides is 1. The number of halogens is 1. The van der Waals surface area contributed by atoms with Crippen LogP contribution in [0, 0.1) is 6.92 Å². The number of nitrogens with one attached hydrogen (secondary N) is 1. The monoisotopic (exact) mass is 531 g/mol. The van der Waals surface area contributed by atoms with Crippen LogP contribution in [0.25, 0.3) is 0 Å². The van der Waals surface area contributed by atoms with E-state index in [2.05, 4.69) is 10.5 Å². The molecule has 0 heterocycles. The first kappa shape index (κ1) is 26.8. The van der Waals surface area contributed by atoms with Crippen molar-refractivity contribution in [3.05, 3.63) is 76.8 Å².